The molecule has 0 saturated carbocycles. The lowest BCUT2D eigenvalue weighted by Gasteiger charge is -2.16. The van der Waals surface area contributed by atoms with Crippen molar-refractivity contribution in [3.05, 3.63) is 59.9 Å². The fraction of sp³-hybridized carbons (Fsp3) is 0.381. The number of imidazole rings is 1. The van der Waals surface area contributed by atoms with Crippen molar-refractivity contribution in [3.63, 3.8) is 0 Å². The molecule has 2 aromatic carbocycles. The van der Waals surface area contributed by atoms with Gasteiger partial charge in [-0.05, 0) is 35.7 Å². The number of fused-ring (bicyclic) bond motifs is 1. The van der Waals surface area contributed by atoms with Gasteiger partial charge in [-0.3, -0.25) is 0 Å². The lowest BCUT2D eigenvalue weighted by Crippen LogP contribution is -2.24. The molecule has 138 valence electrons. The molecule has 3 rings (SSSR count). The van der Waals surface area contributed by atoms with Crippen LogP contribution in [-0.4, -0.2) is 34.5 Å². The molecule has 0 aliphatic carbocycles. The Balaban J connectivity index is 1.67. The highest BCUT2D eigenvalue weighted by Crippen LogP contribution is 2.20. The first-order valence-electron chi connectivity index (χ1n) is 8.92. The molecule has 3 aromatic rings. The van der Waals surface area contributed by atoms with Gasteiger partial charge >= 0.3 is 0 Å². The van der Waals surface area contributed by atoms with E-state index in [0.717, 1.165) is 22.6 Å². The zero-order valence-electron chi connectivity index (χ0n) is 15.6. The van der Waals surface area contributed by atoms with Crippen LogP contribution in [0.1, 0.15) is 31.2 Å². The molecule has 0 bridgehead atoms. The van der Waals surface area contributed by atoms with Crippen molar-refractivity contribution >= 4 is 11.0 Å². The van der Waals surface area contributed by atoms with Gasteiger partial charge in [0, 0.05) is 7.11 Å². The van der Waals surface area contributed by atoms with Crippen LogP contribution in [-0.2, 0) is 17.9 Å². The van der Waals surface area contributed by atoms with Crippen molar-refractivity contribution in [1.82, 2.24) is 9.55 Å². The summed E-state index contributed by atoms with van der Waals surface area (Å²) in [6, 6.07) is 15.9. The van der Waals surface area contributed by atoms with Gasteiger partial charge in [-0.25, -0.2) is 4.98 Å². The van der Waals surface area contributed by atoms with Crippen molar-refractivity contribution < 1.29 is 14.6 Å². The normalized spacial score (nSPS) is 12.7. The predicted octanol–water partition coefficient (Wildman–Crippen LogP) is 3.75. The van der Waals surface area contributed by atoms with E-state index in [4.69, 9.17) is 9.47 Å². The summed E-state index contributed by atoms with van der Waals surface area (Å²) in [6.07, 6.45) is -0.645. The van der Waals surface area contributed by atoms with Crippen LogP contribution < -0.4 is 4.74 Å². The molecule has 0 saturated heterocycles. The zero-order valence-corrected chi connectivity index (χ0v) is 15.6. The Morgan fingerprint density at radius 1 is 1.08 bits per heavy atom. The van der Waals surface area contributed by atoms with Crippen LogP contribution in [0.15, 0.2) is 48.5 Å². The molecule has 0 fully saturated rings. The second-order valence-electron chi connectivity index (χ2n) is 6.75. The first-order valence-corrected chi connectivity index (χ1v) is 8.92. The average Bonchev–Trinajstić information content (AvgIpc) is 2.98. The summed E-state index contributed by atoms with van der Waals surface area (Å²) < 4.78 is 13.0. The minimum atomic E-state index is -0.645. The van der Waals surface area contributed by atoms with Crippen LogP contribution in [0.25, 0.3) is 11.0 Å². The third kappa shape index (κ3) is 4.23. The number of methoxy groups -OCH3 is 1. The summed E-state index contributed by atoms with van der Waals surface area (Å²) in [4.78, 5) is 4.59. The smallest absolute Gasteiger partial charge is 0.136 e. The summed E-state index contributed by atoms with van der Waals surface area (Å²) in [7, 11) is 1.64. The second-order valence-corrected chi connectivity index (χ2v) is 6.75. The number of rotatable bonds is 8. The number of aliphatic hydroxyl groups excluding tert-OH is 1. The van der Waals surface area contributed by atoms with Crippen LogP contribution in [0, 0.1) is 0 Å². The molecule has 0 radical (unpaired) electrons. The third-order valence-corrected chi connectivity index (χ3v) is 4.39. The van der Waals surface area contributed by atoms with Gasteiger partial charge in [-0.15, -0.1) is 0 Å². The largest absolute Gasteiger partial charge is 0.491 e. The third-order valence-electron chi connectivity index (χ3n) is 4.39. The molecule has 0 aliphatic heterocycles. The maximum atomic E-state index is 10.5. The van der Waals surface area contributed by atoms with E-state index in [1.807, 2.05) is 41.0 Å². The molecular formula is C21H26N2O3. The topological polar surface area (TPSA) is 56.5 Å². The van der Waals surface area contributed by atoms with E-state index in [1.165, 1.54) is 5.56 Å². The van der Waals surface area contributed by atoms with Crippen molar-refractivity contribution in [2.45, 2.75) is 39.0 Å². The minimum Gasteiger partial charge on any atom is -0.491 e. The number of nitrogens with zero attached hydrogens (tertiary/aromatic N) is 2. The molecule has 5 heteroatoms. The molecule has 5 nitrogen and oxygen atoms in total. The molecule has 0 amide bonds. The summed E-state index contributed by atoms with van der Waals surface area (Å²) in [6.45, 7) is 5.35. The van der Waals surface area contributed by atoms with Gasteiger partial charge in [0.05, 0.1) is 17.6 Å². The highest BCUT2D eigenvalue weighted by molar-refractivity contribution is 5.75. The Hall–Kier alpha value is -2.37. The maximum Gasteiger partial charge on any atom is 0.136 e. The summed E-state index contributed by atoms with van der Waals surface area (Å²) in [5.41, 5.74) is 3.16. The van der Waals surface area contributed by atoms with Crippen LogP contribution >= 0.6 is 0 Å². The Bertz CT molecular complexity index is 840. The van der Waals surface area contributed by atoms with Crippen molar-refractivity contribution in [3.8, 4) is 5.75 Å². The first kappa shape index (κ1) is 18.4. The number of aromatic nitrogens is 2. The molecule has 0 spiro atoms. The first-order chi connectivity index (χ1) is 12.6. The van der Waals surface area contributed by atoms with Crippen LogP contribution in [0.4, 0.5) is 0 Å². The molecule has 0 unspecified atom stereocenters. The zero-order chi connectivity index (χ0) is 18.5. The van der Waals surface area contributed by atoms with E-state index in [0.29, 0.717) is 19.1 Å². The van der Waals surface area contributed by atoms with E-state index in [9.17, 15) is 5.11 Å². The fourth-order valence-electron chi connectivity index (χ4n) is 2.97. The summed E-state index contributed by atoms with van der Waals surface area (Å²) in [5, 5.41) is 10.5. The average molecular weight is 354 g/mol. The lowest BCUT2D eigenvalue weighted by atomic mass is 10.0. The molecule has 1 aromatic heterocycles. The van der Waals surface area contributed by atoms with Gasteiger partial charge < -0.3 is 19.1 Å². The number of benzene rings is 2. The molecule has 0 aliphatic rings. The van der Waals surface area contributed by atoms with Crippen molar-refractivity contribution in [2.24, 2.45) is 0 Å². The summed E-state index contributed by atoms with van der Waals surface area (Å²) in [5.74, 6) is 2.05. The molecule has 1 atom stereocenters. The van der Waals surface area contributed by atoms with Gasteiger partial charge in [-0.1, -0.05) is 38.1 Å². The van der Waals surface area contributed by atoms with E-state index in [-0.39, 0.29) is 6.61 Å². The van der Waals surface area contributed by atoms with E-state index in [1.54, 1.807) is 7.11 Å². The Labute approximate surface area is 154 Å². The van der Waals surface area contributed by atoms with Crippen molar-refractivity contribution in [1.29, 1.82) is 0 Å². The lowest BCUT2D eigenvalue weighted by molar-refractivity contribution is 0.0901. The number of hydrogen-bond donors (Lipinski definition) is 1. The SMILES string of the molecule is COCc1nc2ccccc2n1C[C@H](O)COc1ccc(C(C)C)cc1. The Morgan fingerprint density at radius 2 is 1.81 bits per heavy atom. The highest BCUT2D eigenvalue weighted by Gasteiger charge is 2.14. The standard InChI is InChI=1S/C21H26N2O3/c1-15(2)16-8-10-18(11-9-16)26-13-17(24)12-23-20-7-5-4-6-19(20)22-21(23)14-25-3/h4-11,15,17,24H,12-14H2,1-3H3/t17-/m0/s1. The van der Waals surface area contributed by atoms with Gasteiger partial charge in [-0.2, -0.15) is 0 Å². The summed E-state index contributed by atoms with van der Waals surface area (Å²) >= 11 is 0. The van der Waals surface area contributed by atoms with E-state index >= 15 is 0 Å². The number of aliphatic hydroxyl groups is 1. The van der Waals surface area contributed by atoms with Crippen LogP contribution in [0.2, 0.25) is 0 Å². The molecular weight excluding hydrogens is 328 g/mol. The van der Waals surface area contributed by atoms with E-state index < -0.39 is 6.10 Å². The Morgan fingerprint density at radius 3 is 2.50 bits per heavy atom. The van der Waals surface area contributed by atoms with Gasteiger partial charge in [0.15, 0.2) is 0 Å². The Kier molecular flexibility index (Phi) is 5.91. The number of hydrogen-bond acceptors (Lipinski definition) is 4. The van der Waals surface area contributed by atoms with Crippen molar-refractivity contribution in [2.75, 3.05) is 13.7 Å². The number of para-hydroxylation sites is 2. The fourth-order valence-corrected chi connectivity index (χ4v) is 2.97. The maximum absolute atomic E-state index is 10.5. The minimum absolute atomic E-state index is 0.222. The monoisotopic (exact) mass is 354 g/mol. The predicted molar refractivity (Wildman–Crippen MR) is 102 cm³/mol. The number of ether oxygens (including phenoxy) is 2. The molecule has 1 N–H and O–H groups in total. The molecule has 1 heterocycles. The van der Waals surface area contributed by atoms with Crippen LogP contribution in [0.5, 0.6) is 5.75 Å². The molecule has 26 heavy (non-hydrogen) atoms. The van der Waals surface area contributed by atoms with Gasteiger partial charge in [0.1, 0.15) is 30.9 Å². The van der Waals surface area contributed by atoms with Gasteiger partial charge in [0.25, 0.3) is 0 Å². The highest BCUT2D eigenvalue weighted by atomic mass is 16.5. The van der Waals surface area contributed by atoms with E-state index in [2.05, 4.69) is 31.0 Å². The second kappa shape index (κ2) is 8.34. The van der Waals surface area contributed by atoms with Gasteiger partial charge in [0.2, 0.25) is 0 Å². The van der Waals surface area contributed by atoms with Crippen LogP contribution in [0.3, 0.4) is 0 Å². The quantitative estimate of drug-likeness (QED) is 0.669.